The van der Waals surface area contributed by atoms with Crippen molar-refractivity contribution in [3.8, 4) is 11.4 Å². The molecule has 168 valence electrons. The van der Waals surface area contributed by atoms with Crippen LogP contribution in [0.4, 0.5) is 21.6 Å². The fourth-order valence-corrected chi connectivity index (χ4v) is 4.65. The van der Waals surface area contributed by atoms with Crippen molar-refractivity contribution in [3.05, 3.63) is 66.2 Å². The van der Waals surface area contributed by atoms with Crippen LogP contribution in [0.1, 0.15) is 17.5 Å². The molecule has 33 heavy (non-hydrogen) atoms. The Morgan fingerprint density at radius 1 is 1.03 bits per heavy atom. The summed E-state index contributed by atoms with van der Waals surface area (Å²) >= 11 is 0. The molecule has 8 nitrogen and oxygen atoms in total. The van der Waals surface area contributed by atoms with E-state index in [1.54, 1.807) is 6.20 Å². The van der Waals surface area contributed by atoms with Gasteiger partial charge >= 0.3 is 0 Å². The van der Waals surface area contributed by atoms with Crippen LogP contribution in [0.15, 0.2) is 55.1 Å². The second-order valence-electron chi connectivity index (χ2n) is 8.50. The number of anilines is 3. The number of halogens is 1. The van der Waals surface area contributed by atoms with Gasteiger partial charge in [0, 0.05) is 37.9 Å². The van der Waals surface area contributed by atoms with Crippen LogP contribution in [0.25, 0.3) is 17.0 Å². The van der Waals surface area contributed by atoms with Crippen molar-refractivity contribution < 1.29 is 9.50 Å². The lowest BCUT2D eigenvalue weighted by Crippen LogP contribution is -2.45. The Bertz CT molecular complexity index is 1310. The summed E-state index contributed by atoms with van der Waals surface area (Å²) < 4.78 is 15.6. The maximum absolute atomic E-state index is 13.6. The summed E-state index contributed by atoms with van der Waals surface area (Å²) in [7, 11) is 0. The lowest BCUT2D eigenvalue weighted by Gasteiger charge is -2.33. The zero-order valence-electron chi connectivity index (χ0n) is 17.9. The van der Waals surface area contributed by atoms with Crippen LogP contribution in [0.2, 0.25) is 0 Å². The Kier molecular flexibility index (Phi) is 4.92. The number of piperidine rings is 1. The Balaban J connectivity index is 1.26. The first-order chi connectivity index (χ1) is 16.2. The third-order valence-electron chi connectivity index (χ3n) is 6.44. The second-order valence-corrected chi connectivity index (χ2v) is 8.50. The fourth-order valence-electron chi connectivity index (χ4n) is 4.65. The fraction of sp³-hybridized carbons (Fsp3) is 0.292. The first kappa shape index (κ1) is 20.1. The summed E-state index contributed by atoms with van der Waals surface area (Å²) in [5.74, 6) is 0.707. The second kappa shape index (κ2) is 8.09. The van der Waals surface area contributed by atoms with Crippen LogP contribution in [-0.4, -0.2) is 49.8 Å². The molecule has 0 saturated carbocycles. The molecule has 0 aliphatic carbocycles. The van der Waals surface area contributed by atoms with Crippen molar-refractivity contribution in [1.82, 2.24) is 24.7 Å². The van der Waals surface area contributed by atoms with Crippen LogP contribution in [-0.2, 0) is 13.1 Å². The number of aromatic nitrogens is 4. The van der Waals surface area contributed by atoms with Crippen molar-refractivity contribution >= 4 is 22.8 Å². The molecule has 4 aromatic rings. The van der Waals surface area contributed by atoms with E-state index in [4.69, 9.17) is 4.98 Å². The molecule has 0 unspecified atom stereocenters. The van der Waals surface area contributed by atoms with E-state index in [9.17, 15) is 9.50 Å². The Labute approximate surface area is 190 Å². The Morgan fingerprint density at radius 3 is 2.79 bits per heavy atom. The number of imidazole rings is 1. The maximum Gasteiger partial charge on any atom is 0.137 e. The van der Waals surface area contributed by atoms with Crippen LogP contribution in [0, 0.1) is 0 Å². The highest BCUT2D eigenvalue weighted by Crippen LogP contribution is 2.33. The average Bonchev–Trinajstić information content (AvgIpc) is 3.50. The van der Waals surface area contributed by atoms with E-state index in [1.165, 1.54) is 5.56 Å². The highest BCUT2D eigenvalue weighted by Gasteiger charge is 2.27. The van der Waals surface area contributed by atoms with E-state index in [0.29, 0.717) is 18.8 Å². The minimum atomic E-state index is -1.15. The number of hydrogen-bond donors (Lipinski definition) is 3. The third-order valence-corrected chi connectivity index (χ3v) is 6.44. The molecule has 0 aromatic carbocycles. The molecule has 1 saturated heterocycles. The van der Waals surface area contributed by atoms with Gasteiger partial charge in [0.15, 0.2) is 0 Å². The average molecular weight is 446 g/mol. The molecule has 0 radical (unpaired) electrons. The van der Waals surface area contributed by atoms with Crippen LogP contribution in [0.3, 0.4) is 0 Å². The van der Waals surface area contributed by atoms with Crippen LogP contribution in [0.5, 0.6) is 0 Å². The molecule has 2 atom stereocenters. The van der Waals surface area contributed by atoms with Gasteiger partial charge in [-0.05, 0) is 36.2 Å². The normalized spacial score (nSPS) is 20.2. The van der Waals surface area contributed by atoms with E-state index in [-0.39, 0.29) is 6.54 Å². The lowest BCUT2D eigenvalue weighted by atomic mass is 10.1. The summed E-state index contributed by atoms with van der Waals surface area (Å²) in [5.41, 5.74) is 6.91. The summed E-state index contributed by atoms with van der Waals surface area (Å²) in [4.78, 5) is 15.8. The number of β-amino-alcohol motifs (C(OH)–C–C–N with tert-alkyl or cyclic N) is 1. The molecule has 3 N–H and O–H groups in total. The zero-order valence-corrected chi connectivity index (χ0v) is 17.9. The van der Waals surface area contributed by atoms with Gasteiger partial charge in [0.05, 0.1) is 41.4 Å². The van der Waals surface area contributed by atoms with Gasteiger partial charge < -0.3 is 20.6 Å². The molecular weight excluding hydrogens is 421 g/mol. The van der Waals surface area contributed by atoms with Gasteiger partial charge in [0.1, 0.15) is 23.7 Å². The molecule has 4 aromatic heterocycles. The number of aliphatic hydroxyl groups excluding tert-OH is 1. The third kappa shape index (κ3) is 3.59. The van der Waals surface area contributed by atoms with Gasteiger partial charge in [-0.25, -0.2) is 14.4 Å². The molecular formula is C24H24FN7O. The van der Waals surface area contributed by atoms with E-state index in [0.717, 1.165) is 47.1 Å². The highest BCUT2D eigenvalue weighted by molar-refractivity contribution is 5.72. The van der Waals surface area contributed by atoms with Crippen molar-refractivity contribution in [3.63, 3.8) is 0 Å². The Hall–Kier alpha value is -3.56. The first-order valence-corrected chi connectivity index (χ1v) is 11.1. The number of nitrogens with one attached hydrogen (secondary N) is 2. The van der Waals surface area contributed by atoms with E-state index < -0.39 is 12.3 Å². The number of fused-ring (bicyclic) bond motifs is 2. The zero-order chi connectivity index (χ0) is 22.4. The molecule has 0 bridgehead atoms. The number of pyridine rings is 3. The van der Waals surface area contributed by atoms with E-state index in [2.05, 4.69) is 25.0 Å². The molecule has 2 aliphatic heterocycles. The number of alkyl halides is 1. The Morgan fingerprint density at radius 2 is 1.94 bits per heavy atom. The van der Waals surface area contributed by atoms with Crippen molar-refractivity contribution in [2.75, 3.05) is 23.3 Å². The van der Waals surface area contributed by atoms with Gasteiger partial charge in [-0.3, -0.25) is 9.38 Å². The number of nitrogens with zero attached hydrogens (tertiary/aromatic N) is 5. The van der Waals surface area contributed by atoms with E-state index >= 15 is 0 Å². The van der Waals surface area contributed by atoms with Crippen LogP contribution < -0.4 is 15.5 Å². The van der Waals surface area contributed by atoms with Gasteiger partial charge in [0.2, 0.25) is 0 Å². The quantitative estimate of drug-likeness (QED) is 0.445. The first-order valence-electron chi connectivity index (χ1n) is 11.1. The number of hydrogen-bond acceptors (Lipinski definition) is 7. The van der Waals surface area contributed by atoms with Crippen molar-refractivity contribution in [1.29, 1.82) is 0 Å². The van der Waals surface area contributed by atoms with Crippen molar-refractivity contribution in [2.24, 2.45) is 0 Å². The summed E-state index contributed by atoms with van der Waals surface area (Å²) in [5, 5.41) is 16.7. The lowest BCUT2D eigenvalue weighted by molar-refractivity contribution is 0.0645. The number of rotatable bonds is 4. The standard InChI is InChI=1S/C24H24FN7O/c25-18-6-8-31(14-21(18)33)15-4-5-22(27-9-15)30-19-12-29-24(17-11-26-10-16(17)19)20-13-28-23-3-1-2-7-32(20)23/h1-5,7,9,12-13,18,21,26,33H,6,8,10-11,14H2,(H,27,30)/t18-,21-/m1/s1. The largest absolute Gasteiger partial charge is 0.388 e. The molecule has 0 spiro atoms. The van der Waals surface area contributed by atoms with Gasteiger partial charge in [-0.1, -0.05) is 6.07 Å². The van der Waals surface area contributed by atoms with Crippen molar-refractivity contribution in [2.45, 2.75) is 31.8 Å². The summed E-state index contributed by atoms with van der Waals surface area (Å²) in [6.07, 6.45) is 5.69. The van der Waals surface area contributed by atoms with Gasteiger partial charge in [-0.2, -0.15) is 0 Å². The molecule has 6 rings (SSSR count). The maximum atomic E-state index is 13.6. The minimum absolute atomic E-state index is 0.281. The molecule has 9 heteroatoms. The molecule has 6 heterocycles. The number of aliphatic hydroxyl groups is 1. The topological polar surface area (TPSA) is 90.6 Å². The SMILES string of the molecule is O[C@@H]1CN(c2ccc(Nc3cnc(-c4cnc5ccccn45)c4c3CNC4)nc2)CC[C@H]1F. The van der Waals surface area contributed by atoms with Crippen LogP contribution >= 0.6 is 0 Å². The monoisotopic (exact) mass is 445 g/mol. The van der Waals surface area contributed by atoms with E-state index in [1.807, 2.05) is 53.8 Å². The summed E-state index contributed by atoms with van der Waals surface area (Å²) in [6.45, 7) is 2.34. The minimum Gasteiger partial charge on any atom is -0.388 e. The smallest absolute Gasteiger partial charge is 0.137 e. The molecule has 0 amide bonds. The molecule has 2 aliphatic rings. The summed E-state index contributed by atoms with van der Waals surface area (Å²) in [6, 6.07) is 9.79. The highest BCUT2D eigenvalue weighted by atomic mass is 19.1. The predicted molar refractivity (Wildman–Crippen MR) is 124 cm³/mol. The predicted octanol–water partition coefficient (Wildman–Crippen LogP) is 3.05. The molecule has 1 fully saturated rings. The van der Waals surface area contributed by atoms with Gasteiger partial charge in [0.25, 0.3) is 0 Å². The van der Waals surface area contributed by atoms with Gasteiger partial charge in [-0.15, -0.1) is 0 Å².